The average Bonchev–Trinajstić information content (AvgIpc) is 3.44. The van der Waals surface area contributed by atoms with Crippen LogP contribution in [0.25, 0.3) is 11.0 Å². The minimum absolute atomic E-state index is 0.0416. The first-order valence-corrected chi connectivity index (χ1v) is 11.9. The fourth-order valence-electron chi connectivity index (χ4n) is 4.04. The average molecular weight is 437 g/mol. The Hall–Kier alpha value is -2.80. The van der Waals surface area contributed by atoms with Gasteiger partial charge in [-0.1, -0.05) is 48.9 Å². The van der Waals surface area contributed by atoms with Gasteiger partial charge in [-0.3, -0.25) is 9.59 Å². The number of fused-ring (bicyclic) bond motifs is 1. The van der Waals surface area contributed by atoms with E-state index >= 15 is 0 Å². The molecular formula is C24H28N4O2S. The van der Waals surface area contributed by atoms with Crippen molar-refractivity contribution in [1.29, 1.82) is 0 Å². The summed E-state index contributed by atoms with van der Waals surface area (Å²) >= 11 is 1.45. The molecule has 162 valence electrons. The molecule has 0 atom stereocenters. The number of carbonyl (C=O) groups excluding carboxylic acids is 2. The fraction of sp³-hybridized carbons (Fsp3) is 0.375. The number of amides is 2. The number of benzene rings is 2. The summed E-state index contributed by atoms with van der Waals surface area (Å²) in [7, 11) is 0. The fourth-order valence-corrected chi connectivity index (χ4v) is 4.95. The van der Waals surface area contributed by atoms with Crippen molar-refractivity contribution in [3.8, 4) is 0 Å². The van der Waals surface area contributed by atoms with Gasteiger partial charge in [0.2, 0.25) is 11.8 Å². The molecule has 7 heteroatoms. The second kappa shape index (κ2) is 10.0. The quantitative estimate of drug-likeness (QED) is 0.506. The van der Waals surface area contributed by atoms with E-state index in [4.69, 9.17) is 0 Å². The summed E-state index contributed by atoms with van der Waals surface area (Å²) in [6.45, 7) is 3.32. The van der Waals surface area contributed by atoms with Crippen LogP contribution in [0.5, 0.6) is 0 Å². The summed E-state index contributed by atoms with van der Waals surface area (Å²) in [6.07, 6.45) is 4.23. The largest absolute Gasteiger partial charge is 0.351 e. The van der Waals surface area contributed by atoms with Crippen LogP contribution in [0.4, 0.5) is 5.69 Å². The number of aryl methyl sites for hydroxylation is 1. The van der Waals surface area contributed by atoms with E-state index in [1.165, 1.54) is 11.8 Å². The molecule has 2 amide bonds. The number of nitrogens with one attached hydrogen (secondary N) is 2. The highest BCUT2D eigenvalue weighted by molar-refractivity contribution is 7.99. The summed E-state index contributed by atoms with van der Waals surface area (Å²) in [4.78, 5) is 29.4. The molecule has 1 aliphatic rings. The molecule has 1 aliphatic carbocycles. The number of aromatic nitrogens is 2. The lowest BCUT2D eigenvalue weighted by Gasteiger charge is -2.12. The van der Waals surface area contributed by atoms with E-state index in [2.05, 4.69) is 33.2 Å². The number of rotatable bonds is 8. The van der Waals surface area contributed by atoms with Crippen LogP contribution in [0.1, 0.15) is 38.2 Å². The van der Waals surface area contributed by atoms with Gasteiger partial charge in [-0.15, -0.1) is 0 Å². The molecule has 6 nitrogen and oxygen atoms in total. The maximum Gasteiger partial charge on any atom is 0.230 e. The van der Waals surface area contributed by atoms with Gasteiger partial charge in [0, 0.05) is 24.7 Å². The SMILES string of the molecule is CCn1c(SCC(=O)NCc2cccc(NC(=O)C3CCCC3)c2)nc2ccccc21. The standard InChI is InChI=1S/C24H28N4O2S/c1-2-28-21-13-6-5-12-20(21)27-24(28)31-16-22(29)25-15-17-8-7-11-19(14-17)26-23(30)18-9-3-4-10-18/h5-8,11-14,18H,2-4,9-10,15-16H2,1H3,(H,25,29)(H,26,30). The minimum atomic E-state index is -0.0416. The Kier molecular flexibility index (Phi) is 6.92. The van der Waals surface area contributed by atoms with Gasteiger partial charge in [0.25, 0.3) is 0 Å². The highest BCUT2D eigenvalue weighted by Crippen LogP contribution is 2.26. The monoisotopic (exact) mass is 436 g/mol. The van der Waals surface area contributed by atoms with E-state index in [-0.39, 0.29) is 17.7 Å². The predicted octanol–water partition coefficient (Wildman–Crippen LogP) is 4.59. The molecule has 0 unspecified atom stereocenters. The Morgan fingerprint density at radius 2 is 1.94 bits per heavy atom. The van der Waals surface area contributed by atoms with Gasteiger partial charge in [-0.2, -0.15) is 0 Å². The van der Waals surface area contributed by atoms with E-state index in [9.17, 15) is 9.59 Å². The number of imidazole rings is 1. The predicted molar refractivity (Wildman–Crippen MR) is 125 cm³/mol. The molecule has 1 saturated carbocycles. The molecule has 1 heterocycles. The Morgan fingerprint density at radius 1 is 1.13 bits per heavy atom. The van der Waals surface area contributed by atoms with Crippen LogP contribution >= 0.6 is 11.8 Å². The number of hydrogen-bond acceptors (Lipinski definition) is 4. The van der Waals surface area contributed by atoms with Gasteiger partial charge in [0.05, 0.1) is 16.8 Å². The molecule has 0 spiro atoms. The maximum absolute atomic E-state index is 12.4. The van der Waals surface area contributed by atoms with Gasteiger partial charge >= 0.3 is 0 Å². The van der Waals surface area contributed by atoms with Crippen LogP contribution in [-0.2, 0) is 22.7 Å². The molecule has 0 saturated heterocycles. The molecule has 1 fully saturated rings. The van der Waals surface area contributed by atoms with Gasteiger partial charge in [-0.25, -0.2) is 4.98 Å². The molecule has 31 heavy (non-hydrogen) atoms. The van der Waals surface area contributed by atoms with Crippen molar-refractivity contribution in [3.63, 3.8) is 0 Å². The lowest BCUT2D eigenvalue weighted by atomic mass is 10.1. The topological polar surface area (TPSA) is 76.0 Å². The van der Waals surface area contributed by atoms with Crippen LogP contribution < -0.4 is 10.6 Å². The summed E-state index contributed by atoms with van der Waals surface area (Å²) in [5, 5.41) is 6.84. The van der Waals surface area contributed by atoms with Gasteiger partial charge in [-0.05, 0) is 49.6 Å². The summed E-state index contributed by atoms with van der Waals surface area (Å²) in [5.74, 6) is 0.503. The number of nitrogens with zero attached hydrogens (tertiary/aromatic N) is 2. The normalized spacial score (nSPS) is 14.1. The Bertz CT molecular complexity index is 1070. The van der Waals surface area contributed by atoms with Crippen LogP contribution in [0.2, 0.25) is 0 Å². The van der Waals surface area contributed by atoms with Crippen LogP contribution in [0, 0.1) is 5.92 Å². The zero-order valence-corrected chi connectivity index (χ0v) is 18.6. The highest BCUT2D eigenvalue weighted by atomic mass is 32.2. The first-order valence-electron chi connectivity index (χ1n) is 10.9. The van der Waals surface area contributed by atoms with Crippen molar-refractivity contribution < 1.29 is 9.59 Å². The van der Waals surface area contributed by atoms with E-state index in [1.54, 1.807) is 0 Å². The van der Waals surface area contributed by atoms with Crippen molar-refractivity contribution in [1.82, 2.24) is 14.9 Å². The van der Waals surface area contributed by atoms with Crippen molar-refractivity contribution in [2.24, 2.45) is 5.92 Å². The Labute approximate surface area is 186 Å². The van der Waals surface area contributed by atoms with Crippen molar-refractivity contribution >= 4 is 40.3 Å². The lowest BCUT2D eigenvalue weighted by Crippen LogP contribution is -2.25. The second-order valence-electron chi connectivity index (χ2n) is 7.86. The summed E-state index contributed by atoms with van der Waals surface area (Å²) in [6, 6.07) is 15.7. The van der Waals surface area contributed by atoms with Crippen molar-refractivity contribution in [3.05, 3.63) is 54.1 Å². The number of hydrogen-bond donors (Lipinski definition) is 2. The Balaban J connectivity index is 1.29. The maximum atomic E-state index is 12.4. The molecule has 3 aromatic rings. The van der Waals surface area contributed by atoms with Gasteiger partial charge < -0.3 is 15.2 Å². The second-order valence-corrected chi connectivity index (χ2v) is 8.81. The van der Waals surface area contributed by atoms with E-state index in [0.29, 0.717) is 12.3 Å². The molecule has 1 aromatic heterocycles. The summed E-state index contributed by atoms with van der Waals surface area (Å²) < 4.78 is 2.13. The molecule has 0 bridgehead atoms. The van der Waals surface area contributed by atoms with Gasteiger partial charge in [0.15, 0.2) is 5.16 Å². The number of anilines is 1. The highest BCUT2D eigenvalue weighted by Gasteiger charge is 2.22. The van der Waals surface area contributed by atoms with Gasteiger partial charge in [0.1, 0.15) is 0 Å². The first-order chi connectivity index (χ1) is 15.1. The third-order valence-electron chi connectivity index (χ3n) is 5.68. The van der Waals surface area contributed by atoms with Crippen LogP contribution in [0.15, 0.2) is 53.7 Å². The van der Waals surface area contributed by atoms with E-state index in [0.717, 1.165) is 59.7 Å². The third kappa shape index (κ3) is 5.28. The zero-order chi connectivity index (χ0) is 21.6. The zero-order valence-electron chi connectivity index (χ0n) is 17.8. The molecular weight excluding hydrogens is 408 g/mol. The minimum Gasteiger partial charge on any atom is -0.351 e. The molecule has 2 aromatic carbocycles. The first kappa shape index (κ1) is 21.4. The lowest BCUT2D eigenvalue weighted by molar-refractivity contribution is -0.120. The smallest absolute Gasteiger partial charge is 0.230 e. The molecule has 0 aliphatic heterocycles. The van der Waals surface area contributed by atoms with E-state index < -0.39 is 0 Å². The van der Waals surface area contributed by atoms with Crippen molar-refractivity contribution in [2.45, 2.75) is 50.9 Å². The van der Waals surface area contributed by atoms with Crippen LogP contribution in [0.3, 0.4) is 0 Å². The molecule has 0 radical (unpaired) electrons. The summed E-state index contributed by atoms with van der Waals surface area (Å²) in [5.41, 5.74) is 3.78. The van der Waals surface area contributed by atoms with Crippen molar-refractivity contribution in [2.75, 3.05) is 11.1 Å². The third-order valence-corrected chi connectivity index (χ3v) is 6.65. The number of thioether (sulfide) groups is 1. The van der Waals surface area contributed by atoms with Crippen LogP contribution in [-0.4, -0.2) is 27.1 Å². The number of para-hydroxylation sites is 2. The number of carbonyl (C=O) groups is 2. The van der Waals surface area contributed by atoms with E-state index in [1.807, 2.05) is 42.5 Å². The molecule has 4 rings (SSSR count). The Morgan fingerprint density at radius 3 is 2.74 bits per heavy atom. The molecule has 2 N–H and O–H groups in total.